The van der Waals surface area contributed by atoms with Crippen LogP contribution in [0.5, 0.6) is 0 Å². The van der Waals surface area contributed by atoms with Gasteiger partial charge in [0, 0.05) is 5.92 Å². The average molecular weight is 253 g/mol. The smallest absolute Gasteiger partial charge is 0.348 e. The van der Waals surface area contributed by atoms with Crippen LogP contribution < -0.4 is 5.32 Å². The summed E-state index contributed by atoms with van der Waals surface area (Å²) >= 11 is 1.26. The fraction of sp³-hybridized carbons (Fsp3) is 0.500. The Bertz CT molecular complexity index is 423. The lowest BCUT2D eigenvalue weighted by Crippen LogP contribution is -2.12. The zero-order chi connectivity index (χ0) is 12.3. The Morgan fingerprint density at radius 3 is 2.88 bits per heavy atom. The van der Waals surface area contributed by atoms with Gasteiger partial charge in [-0.05, 0) is 31.4 Å². The molecular weight excluding hydrogens is 238 g/mol. The highest BCUT2D eigenvalue weighted by atomic mass is 32.1. The van der Waals surface area contributed by atoms with E-state index in [1.165, 1.54) is 11.3 Å². The third-order valence-electron chi connectivity index (χ3n) is 2.44. The summed E-state index contributed by atoms with van der Waals surface area (Å²) in [7, 11) is 0. The molecule has 4 nitrogen and oxygen atoms in total. The van der Waals surface area contributed by atoms with Crippen molar-refractivity contribution >= 4 is 28.2 Å². The summed E-state index contributed by atoms with van der Waals surface area (Å²) in [5.74, 6) is -0.0864. The van der Waals surface area contributed by atoms with Crippen LogP contribution in [0, 0.1) is 5.92 Å². The molecule has 1 saturated carbocycles. The Kier molecular flexibility index (Phi) is 3.78. The fourth-order valence-electron chi connectivity index (χ4n) is 1.35. The second kappa shape index (κ2) is 5.31. The zero-order valence-electron chi connectivity index (χ0n) is 9.69. The van der Waals surface area contributed by atoms with Crippen LogP contribution >= 0.6 is 11.3 Å². The Balaban J connectivity index is 1.90. The van der Waals surface area contributed by atoms with Crippen LogP contribution in [-0.4, -0.2) is 18.5 Å². The highest BCUT2D eigenvalue weighted by Crippen LogP contribution is 2.31. The van der Waals surface area contributed by atoms with Crippen molar-refractivity contribution in [2.24, 2.45) is 5.92 Å². The van der Waals surface area contributed by atoms with Crippen LogP contribution in [0.3, 0.4) is 0 Å². The zero-order valence-corrected chi connectivity index (χ0v) is 10.5. The summed E-state index contributed by atoms with van der Waals surface area (Å²) in [5, 5.41) is 3.52. The van der Waals surface area contributed by atoms with Crippen LogP contribution in [0.2, 0.25) is 0 Å². The Morgan fingerprint density at radius 2 is 2.24 bits per heavy atom. The van der Waals surface area contributed by atoms with E-state index in [0.29, 0.717) is 16.5 Å². The molecule has 0 aliphatic heterocycles. The molecule has 1 aliphatic rings. The number of hydrogen-bond donors (Lipinski definition) is 1. The number of carbonyl (C=O) groups excluding carboxylic acids is 2. The molecule has 1 amide bonds. The second-order valence-electron chi connectivity index (χ2n) is 4.06. The molecule has 1 aromatic rings. The van der Waals surface area contributed by atoms with Crippen molar-refractivity contribution < 1.29 is 14.3 Å². The lowest BCUT2D eigenvalue weighted by Gasteiger charge is -2.00. The normalized spacial score (nSPS) is 14.4. The predicted octanol–water partition coefficient (Wildman–Crippen LogP) is 2.66. The van der Waals surface area contributed by atoms with E-state index < -0.39 is 0 Å². The van der Waals surface area contributed by atoms with E-state index in [1.54, 1.807) is 12.1 Å². The molecule has 0 radical (unpaired) electrons. The van der Waals surface area contributed by atoms with Crippen LogP contribution in [0.1, 0.15) is 35.9 Å². The summed E-state index contributed by atoms with van der Waals surface area (Å²) in [4.78, 5) is 23.6. The molecule has 17 heavy (non-hydrogen) atoms. The molecule has 2 rings (SSSR count). The number of anilines is 1. The van der Waals surface area contributed by atoms with Crippen molar-refractivity contribution in [1.29, 1.82) is 0 Å². The number of ether oxygens (including phenoxy) is 1. The standard InChI is InChI=1S/C12H15NO3S/c1-2-7-16-12(15)9-5-6-10(17-9)13-11(14)8-3-4-8/h5-6,8H,2-4,7H2,1H3,(H,13,14). The number of thiophene rings is 1. The molecule has 1 heterocycles. The van der Waals surface area contributed by atoms with Gasteiger partial charge >= 0.3 is 5.97 Å². The molecular formula is C12H15NO3S. The highest BCUT2D eigenvalue weighted by Gasteiger charge is 2.29. The van der Waals surface area contributed by atoms with E-state index in [2.05, 4.69) is 5.32 Å². The number of hydrogen-bond acceptors (Lipinski definition) is 4. The fourth-order valence-corrected chi connectivity index (χ4v) is 2.15. The molecule has 92 valence electrons. The minimum atomic E-state index is -0.316. The first-order valence-corrected chi connectivity index (χ1v) is 6.60. The first kappa shape index (κ1) is 12.1. The van der Waals surface area contributed by atoms with Crippen molar-refractivity contribution in [2.45, 2.75) is 26.2 Å². The van der Waals surface area contributed by atoms with Gasteiger partial charge in [0.05, 0.1) is 11.6 Å². The number of carbonyl (C=O) groups is 2. The molecule has 0 atom stereocenters. The maximum atomic E-state index is 11.5. The van der Waals surface area contributed by atoms with Gasteiger partial charge in [-0.15, -0.1) is 11.3 Å². The maximum Gasteiger partial charge on any atom is 0.348 e. The first-order chi connectivity index (χ1) is 8.20. The average Bonchev–Trinajstić information content (AvgIpc) is 3.07. The van der Waals surface area contributed by atoms with Crippen molar-refractivity contribution in [2.75, 3.05) is 11.9 Å². The molecule has 0 bridgehead atoms. The van der Waals surface area contributed by atoms with Crippen molar-refractivity contribution in [3.05, 3.63) is 17.0 Å². The van der Waals surface area contributed by atoms with E-state index in [9.17, 15) is 9.59 Å². The summed E-state index contributed by atoms with van der Waals surface area (Å²) in [6.45, 7) is 2.38. The SMILES string of the molecule is CCCOC(=O)c1ccc(NC(=O)C2CC2)s1. The molecule has 1 N–H and O–H groups in total. The predicted molar refractivity (Wildman–Crippen MR) is 66.2 cm³/mol. The largest absolute Gasteiger partial charge is 0.462 e. The van der Waals surface area contributed by atoms with E-state index in [1.807, 2.05) is 6.92 Å². The third kappa shape index (κ3) is 3.30. The lowest BCUT2D eigenvalue weighted by atomic mass is 10.4. The molecule has 1 fully saturated rings. The summed E-state index contributed by atoms with van der Waals surface area (Å²) in [5.41, 5.74) is 0. The van der Waals surface area contributed by atoms with Gasteiger partial charge in [0.1, 0.15) is 4.88 Å². The number of esters is 1. The molecule has 0 unspecified atom stereocenters. The summed E-state index contributed by atoms with van der Waals surface area (Å²) in [6, 6.07) is 3.43. The number of amides is 1. The quantitative estimate of drug-likeness (QED) is 0.821. The Hall–Kier alpha value is -1.36. The molecule has 1 aromatic heterocycles. The molecule has 0 saturated heterocycles. The van der Waals surface area contributed by atoms with Gasteiger partial charge < -0.3 is 10.1 Å². The minimum Gasteiger partial charge on any atom is -0.462 e. The van der Waals surface area contributed by atoms with Gasteiger partial charge in [-0.3, -0.25) is 4.79 Å². The van der Waals surface area contributed by atoms with Crippen LogP contribution in [0.4, 0.5) is 5.00 Å². The van der Waals surface area contributed by atoms with Gasteiger partial charge in [-0.1, -0.05) is 6.92 Å². The molecule has 0 aromatic carbocycles. The van der Waals surface area contributed by atoms with Crippen molar-refractivity contribution in [3.63, 3.8) is 0 Å². The second-order valence-corrected chi connectivity index (χ2v) is 5.15. The molecule has 0 spiro atoms. The molecule has 5 heteroatoms. The van der Waals surface area contributed by atoms with Gasteiger partial charge in [-0.2, -0.15) is 0 Å². The van der Waals surface area contributed by atoms with Gasteiger partial charge in [0.2, 0.25) is 5.91 Å². The minimum absolute atomic E-state index is 0.0559. The third-order valence-corrected chi connectivity index (χ3v) is 3.42. The monoisotopic (exact) mass is 253 g/mol. The lowest BCUT2D eigenvalue weighted by molar-refractivity contribution is -0.117. The van der Waals surface area contributed by atoms with Gasteiger partial charge in [0.15, 0.2) is 0 Å². The van der Waals surface area contributed by atoms with Crippen LogP contribution in [0.15, 0.2) is 12.1 Å². The Labute approximate surface area is 104 Å². The van der Waals surface area contributed by atoms with E-state index >= 15 is 0 Å². The topological polar surface area (TPSA) is 55.4 Å². The summed E-state index contributed by atoms with van der Waals surface area (Å²) < 4.78 is 5.01. The van der Waals surface area contributed by atoms with E-state index in [-0.39, 0.29) is 17.8 Å². The summed E-state index contributed by atoms with van der Waals surface area (Å²) in [6.07, 6.45) is 2.76. The van der Waals surface area contributed by atoms with E-state index in [0.717, 1.165) is 19.3 Å². The van der Waals surface area contributed by atoms with Crippen LogP contribution in [-0.2, 0) is 9.53 Å². The van der Waals surface area contributed by atoms with Gasteiger partial charge in [0.25, 0.3) is 0 Å². The first-order valence-electron chi connectivity index (χ1n) is 5.78. The van der Waals surface area contributed by atoms with Crippen LogP contribution in [0.25, 0.3) is 0 Å². The van der Waals surface area contributed by atoms with E-state index in [4.69, 9.17) is 4.74 Å². The maximum absolute atomic E-state index is 11.5. The molecule has 1 aliphatic carbocycles. The van der Waals surface area contributed by atoms with Crippen molar-refractivity contribution in [1.82, 2.24) is 0 Å². The highest BCUT2D eigenvalue weighted by molar-refractivity contribution is 7.18. The number of rotatable bonds is 5. The Morgan fingerprint density at radius 1 is 1.47 bits per heavy atom. The number of nitrogens with one attached hydrogen (secondary N) is 1. The van der Waals surface area contributed by atoms with Crippen molar-refractivity contribution in [3.8, 4) is 0 Å². The van der Waals surface area contributed by atoms with Gasteiger partial charge in [-0.25, -0.2) is 4.79 Å².